The van der Waals surface area contributed by atoms with Crippen LogP contribution in [0.25, 0.3) is 0 Å². The number of hydrogen-bond acceptors (Lipinski definition) is 5. The van der Waals surface area contributed by atoms with Crippen molar-refractivity contribution in [3.63, 3.8) is 0 Å². The molecule has 2 aromatic rings. The van der Waals surface area contributed by atoms with Crippen molar-refractivity contribution in [2.75, 3.05) is 12.4 Å². The normalized spacial score (nSPS) is 9.40. The molecular formula is C14H9ClN4O. The maximum Gasteiger partial charge on any atom is 0.143 e. The van der Waals surface area contributed by atoms with Crippen LogP contribution in [-0.4, -0.2) is 12.1 Å². The SMILES string of the molecule is COc1cc(C#N)ccc1Nc1cc(C#N)cc(Cl)n1. The molecule has 0 saturated carbocycles. The van der Waals surface area contributed by atoms with E-state index in [1.165, 1.54) is 13.2 Å². The summed E-state index contributed by atoms with van der Waals surface area (Å²) < 4.78 is 5.21. The van der Waals surface area contributed by atoms with Gasteiger partial charge in [-0.1, -0.05) is 11.6 Å². The summed E-state index contributed by atoms with van der Waals surface area (Å²) in [5.41, 5.74) is 1.52. The molecule has 0 aliphatic carbocycles. The quantitative estimate of drug-likeness (QED) is 0.875. The van der Waals surface area contributed by atoms with Crippen LogP contribution < -0.4 is 10.1 Å². The predicted molar refractivity (Wildman–Crippen MR) is 75.0 cm³/mol. The van der Waals surface area contributed by atoms with Crippen molar-refractivity contribution < 1.29 is 4.74 Å². The Morgan fingerprint density at radius 1 is 1.15 bits per heavy atom. The number of benzene rings is 1. The van der Waals surface area contributed by atoms with Gasteiger partial charge in [-0.15, -0.1) is 0 Å². The second kappa shape index (κ2) is 5.92. The first-order chi connectivity index (χ1) is 9.66. The minimum atomic E-state index is 0.221. The molecule has 0 spiro atoms. The van der Waals surface area contributed by atoms with Crippen molar-refractivity contribution in [3.05, 3.63) is 46.6 Å². The Morgan fingerprint density at radius 2 is 1.90 bits per heavy atom. The third kappa shape index (κ3) is 2.97. The van der Waals surface area contributed by atoms with Crippen molar-refractivity contribution in [2.45, 2.75) is 0 Å². The van der Waals surface area contributed by atoms with E-state index in [1.54, 1.807) is 24.3 Å². The van der Waals surface area contributed by atoms with Gasteiger partial charge in [-0.05, 0) is 24.3 Å². The zero-order valence-corrected chi connectivity index (χ0v) is 11.3. The molecule has 0 atom stereocenters. The van der Waals surface area contributed by atoms with E-state index in [1.807, 2.05) is 12.1 Å². The van der Waals surface area contributed by atoms with Crippen LogP contribution in [0.5, 0.6) is 5.75 Å². The highest BCUT2D eigenvalue weighted by Gasteiger charge is 2.07. The molecule has 0 aliphatic rings. The number of hydrogen-bond donors (Lipinski definition) is 1. The van der Waals surface area contributed by atoms with E-state index >= 15 is 0 Å². The van der Waals surface area contributed by atoms with E-state index in [0.717, 1.165) is 0 Å². The van der Waals surface area contributed by atoms with E-state index in [-0.39, 0.29) is 5.15 Å². The molecule has 20 heavy (non-hydrogen) atoms. The number of nitriles is 2. The lowest BCUT2D eigenvalue weighted by atomic mass is 10.2. The average Bonchev–Trinajstić information content (AvgIpc) is 2.47. The third-order valence-electron chi connectivity index (χ3n) is 2.52. The number of aromatic nitrogens is 1. The molecule has 0 amide bonds. The fraction of sp³-hybridized carbons (Fsp3) is 0.0714. The summed E-state index contributed by atoms with van der Waals surface area (Å²) in [6.45, 7) is 0. The summed E-state index contributed by atoms with van der Waals surface area (Å²) in [5, 5.41) is 21.0. The lowest BCUT2D eigenvalue weighted by molar-refractivity contribution is 0.416. The smallest absolute Gasteiger partial charge is 0.143 e. The summed E-state index contributed by atoms with van der Waals surface area (Å²) in [7, 11) is 1.51. The Morgan fingerprint density at radius 3 is 2.55 bits per heavy atom. The van der Waals surface area contributed by atoms with Crippen LogP contribution in [0.3, 0.4) is 0 Å². The fourth-order valence-corrected chi connectivity index (χ4v) is 1.84. The zero-order chi connectivity index (χ0) is 14.5. The maximum atomic E-state index is 8.90. The predicted octanol–water partition coefficient (Wildman–Crippen LogP) is 3.23. The molecule has 1 N–H and O–H groups in total. The van der Waals surface area contributed by atoms with E-state index in [4.69, 9.17) is 26.9 Å². The van der Waals surface area contributed by atoms with Gasteiger partial charge in [0.2, 0.25) is 0 Å². The van der Waals surface area contributed by atoms with Crippen LogP contribution in [0.15, 0.2) is 30.3 Å². The second-order valence-electron chi connectivity index (χ2n) is 3.83. The first-order valence-electron chi connectivity index (χ1n) is 5.59. The van der Waals surface area contributed by atoms with Crippen molar-refractivity contribution in [1.82, 2.24) is 4.98 Å². The molecule has 0 unspecified atom stereocenters. The van der Waals surface area contributed by atoms with Gasteiger partial charge in [-0.3, -0.25) is 0 Å². The Bertz CT molecular complexity index is 731. The summed E-state index contributed by atoms with van der Waals surface area (Å²) in [5.74, 6) is 0.932. The fourth-order valence-electron chi connectivity index (χ4n) is 1.63. The van der Waals surface area contributed by atoms with Gasteiger partial charge in [0.1, 0.15) is 16.7 Å². The number of halogens is 1. The standard InChI is InChI=1S/C14H9ClN4O/c1-20-12-4-9(7-16)2-3-11(12)18-14-6-10(8-17)5-13(15)19-14/h2-6H,1H3,(H,18,19). The Labute approximate surface area is 121 Å². The van der Waals surface area contributed by atoms with Crippen LogP contribution in [-0.2, 0) is 0 Å². The van der Waals surface area contributed by atoms with Crippen LogP contribution in [0.1, 0.15) is 11.1 Å². The summed E-state index contributed by atoms with van der Waals surface area (Å²) in [4.78, 5) is 4.08. The first kappa shape index (κ1) is 13.7. The van der Waals surface area contributed by atoms with Crippen molar-refractivity contribution in [2.24, 2.45) is 0 Å². The van der Waals surface area contributed by atoms with Crippen LogP contribution >= 0.6 is 11.6 Å². The molecule has 1 heterocycles. The molecule has 98 valence electrons. The number of rotatable bonds is 3. The topological polar surface area (TPSA) is 81.7 Å². The monoisotopic (exact) mass is 284 g/mol. The maximum absolute atomic E-state index is 8.90. The minimum absolute atomic E-state index is 0.221. The number of nitrogens with zero attached hydrogens (tertiary/aromatic N) is 3. The third-order valence-corrected chi connectivity index (χ3v) is 2.71. The van der Waals surface area contributed by atoms with Gasteiger partial charge >= 0.3 is 0 Å². The van der Waals surface area contributed by atoms with Crippen molar-refractivity contribution in [3.8, 4) is 17.9 Å². The second-order valence-corrected chi connectivity index (χ2v) is 4.21. The van der Waals surface area contributed by atoms with Gasteiger partial charge in [0.15, 0.2) is 0 Å². The van der Waals surface area contributed by atoms with Gasteiger partial charge in [0, 0.05) is 6.07 Å². The van der Waals surface area contributed by atoms with Crippen LogP contribution in [0.4, 0.5) is 11.5 Å². The summed E-state index contributed by atoms with van der Waals surface area (Å²) >= 11 is 5.84. The number of methoxy groups -OCH3 is 1. The average molecular weight is 285 g/mol. The zero-order valence-electron chi connectivity index (χ0n) is 10.5. The van der Waals surface area contributed by atoms with Crippen molar-refractivity contribution in [1.29, 1.82) is 10.5 Å². The van der Waals surface area contributed by atoms with E-state index in [2.05, 4.69) is 10.3 Å². The lowest BCUT2D eigenvalue weighted by Gasteiger charge is -2.11. The van der Waals surface area contributed by atoms with E-state index in [9.17, 15) is 0 Å². The molecule has 1 aromatic heterocycles. The van der Waals surface area contributed by atoms with Gasteiger partial charge in [-0.2, -0.15) is 10.5 Å². The van der Waals surface area contributed by atoms with E-state index < -0.39 is 0 Å². The Hall–Kier alpha value is -2.76. The lowest BCUT2D eigenvalue weighted by Crippen LogP contribution is -1.98. The Balaban J connectivity index is 2.38. The molecule has 0 fully saturated rings. The minimum Gasteiger partial charge on any atom is -0.495 e. The highest BCUT2D eigenvalue weighted by atomic mass is 35.5. The number of anilines is 2. The van der Waals surface area contributed by atoms with Gasteiger partial charge in [0.25, 0.3) is 0 Å². The van der Waals surface area contributed by atoms with Crippen LogP contribution in [0, 0.1) is 22.7 Å². The molecule has 0 aliphatic heterocycles. The van der Waals surface area contributed by atoms with E-state index in [0.29, 0.717) is 28.4 Å². The molecular weight excluding hydrogens is 276 g/mol. The van der Waals surface area contributed by atoms with Gasteiger partial charge < -0.3 is 10.1 Å². The molecule has 0 saturated heterocycles. The number of ether oxygens (including phenoxy) is 1. The molecule has 2 rings (SSSR count). The summed E-state index contributed by atoms with van der Waals surface area (Å²) in [6, 6.07) is 12.0. The van der Waals surface area contributed by atoms with Gasteiger partial charge in [0.05, 0.1) is 36.1 Å². The largest absolute Gasteiger partial charge is 0.495 e. The molecule has 0 bridgehead atoms. The highest BCUT2D eigenvalue weighted by molar-refractivity contribution is 6.29. The first-order valence-corrected chi connectivity index (χ1v) is 5.97. The summed E-state index contributed by atoms with van der Waals surface area (Å²) in [6.07, 6.45) is 0. The Kier molecular flexibility index (Phi) is 4.05. The van der Waals surface area contributed by atoms with Crippen LogP contribution in [0.2, 0.25) is 5.15 Å². The highest BCUT2D eigenvalue weighted by Crippen LogP contribution is 2.28. The molecule has 6 heteroatoms. The molecule has 0 radical (unpaired) electrons. The van der Waals surface area contributed by atoms with Gasteiger partial charge in [-0.25, -0.2) is 4.98 Å². The van der Waals surface area contributed by atoms with Crippen molar-refractivity contribution >= 4 is 23.1 Å². The number of nitrogens with one attached hydrogen (secondary N) is 1. The number of pyridine rings is 1. The molecule has 1 aromatic carbocycles. The molecule has 5 nitrogen and oxygen atoms in total.